The van der Waals surface area contributed by atoms with Gasteiger partial charge in [-0.3, -0.25) is 4.79 Å². The van der Waals surface area contributed by atoms with E-state index in [2.05, 4.69) is 5.32 Å². The third kappa shape index (κ3) is 3.31. The number of aromatic nitrogens is 2. The smallest absolute Gasteiger partial charge is 0.266 e. The zero-order chi connectivity index (χ0) is 21.0. The number of hydrogen-bond acceptors (Lipinski definition) is 6. The Bertz CT molecular complexity index is 1170. The van der Waals surface area contributed by atoms with Crippen molar-refractivity contribution in [1.82, 2.24) is 9.97 Å². The van der Waals surface area contributed by atoms with Crippen LogP contribution in [-0.2, 0) is 6.42 Å². The number of thiophene rings is 1. The van der Waals surface area contributed by atoms with Crippen LogP contribution >= 0.6 is 11.3 Å². The maximum atomic E-state index is 13.2. The fraction of sp³-hybridized carbons (Fsp3) is 0.435. The number of ether oxygens (including phenoxy) is 2. The number of aryl methyl sites for hydroxylation is 2. The zero-order valence-electron chi connectivity index (χ0n) is 17.7. The van der Waals surface area contributed by atoms with Gasteiger partial charge in [-0.15, -0.1) is 11.3 Å². The fourth-order valence-corrected chi connectivity index (χ4v) is 5.23. The summed E-state index contributed by atoms with van der Waals surface area (Å²) in [5.74, 6) is 2.72. The molecule has 2 aromatic heterocycles. The minimum Gasteiger partial charge on any atom is -0.492 e. The van der Waals surface area contributed by atoms with Gasteiger partial charge < -0.3 is 14.8 Å². The van der Waals surface area contributed by atoms with E-state index in [1.165, 1.54) is 11.3 Å². The number of hydrogen-bond donors (Lipinski definition) is 1. The zero-order valence-corrected chi connectivity index (χ0v) is 18.5. The molecule has 1 aliphatic heterocycles. The number of nitrogens with one attached hydrogen (secondary N) is 1. The summed E-state index contributed by atoms with van der Waals surface area (Å²) in [5.41, 5.74) is 3.62. The molecule has 5 rings (SSSR count). The highest BCUT2D eigenvalue weighted by Crippen LogP contribution is 2.41. The Morgan fingerprint density at radius 1 is 1.30 bits per heavy atom. The Hall–Kier alpha value is -2.67. The molecule has 30 heavy (non-hydrogen) atoms. The molecule has 0 bridgehead atoms. The van der Waals surface area contributed by atoms with Crippen LogP contribution in [0.3, 0.4) is 0 Å². The van der Waals surface area contributed by atoms with E-state index in [0.29, 0.717) is 28.8 Å². The Balaban J connectivity index is 1.50. The summed E-state index contributed by atoms with van der Waals surface area (Å²) < 4.78 is 11.7. The van der Waals surface area contributed by atoms with Crippen LogP contribution in [0.5, 0.6) is 11.5 Å². The van der Waals surface area contributed by atoms with Crippen LogP contribution in [0.1, 0.15) is 64.9 Å². The van der Waals surface area contributed by atoms with E-state index >= 15 is 0 Å². The van der Waals surface area contributed by atoms with Crippen molar-refractivity contribution >= 4 is 33.1 Å². The van der Waals surface area contributed by atoms with Gasteiger partial charge in [-0.05, 0) is 52.2 Å². The molecule has 6 nitrogen and oxygen atoms in total. The molecule has 1 atom stereocenters. The van der Waals surface area contributed by atoms with Gasteiger partial charge in [0.1, 0.15) is 28.3 Å². The monoisotopic (exact) mass is 423 g/mol. The topological polar surface area (TPSA) is 73.3 Å². The molecule has 1 amide bonds. The Morgan fingerprint density at radius 2 is 2.10 bits per heavy atom. The van der Waals surface area contributed by atoms with Gasteiger partial charge in [0, 0.05) is 29.4 Å². The lowest BCUT2D eigenvalue weighted by Gasteiger charge is -2.13. The number of nitrogens with zero attached hydrogens (tertiary/aromatic N) is 2. The number of benzene rings is 1. The average molecular weight is 424 g/mol. The molecule has 1 N–H and O–H groups in total. The number of carbonyl (C=O) groups excluding carboxylic acids is 1. The molecule has 1 fully saturated rings. The van der Waals surface area contributed by atoms with E-state index in [-0.39, 0.29) is 12.0 Å². The van der Waals surface area contributed by atoms with Crippen LogP contribution in [-0.4, -0.2) is 28.6 Å². The van der Waals surface area contributed by atoms with Crippen LogP contribution in [0.25, 0.3) is 10.2 Å². The van der Waals surface area contributed by atoms with Crippen molar-refractivity contribution in [2.24, 2.45) is 0 Å². The largest absolute Gasteiger partial charge is 0.492 e. The number of rotatable bonds is 5. The fourth-order valence-electron chi connectivity index (χ4n) is 4.09. The summed E-state index contributed by atoms with van der Waals surface area (Å²) in [5, 5.41) is 4.04. The highest BCUT2D eigenvalue weighted by Gasteiger charge is 2.29. The van der Waals surface area contributed by atoms with Gasteiger partial charge in [0.05, 0.1) is 22.9 Å². The number of amides is 1. The van der Waals surface area contributed by atoms with E-state index in [1.54, 1.807) is 0 Å². The molecule has 1 aliphatic carbocycles. The van der Waals surface area contributed by atoms with Crippen molar-refractivity contribution in [2.75, 3.05) is 11.9 Å². The highest BCUT2D eigenvalue weighted by atomic mass is 32.1. The van der Waals surface area contributed by atoms with Crippen molar-refractivity contribution in [2.45, 2.75) is 59.0 Å². The molecule has 0 spiro atoms. The first-order chi connectivity index (χ1) is 14.4. The summed E-state index contributed by atoms with van der Waals surface area (Å²) in [6.07, 6.45) is 3.29. The lowest BCUT2D eigenvalue weighted by atomic mass is 10.1. The highest BCUT2D eigenvalue weighted by molar-refractivity contribution is 7.20. The molecule has 156 valence electrons. The standard InChI is InChI=1S/C23H25N3O3S/c1-5-28-18-9-15-8-11(2)29-17(15)10-16(18)25-22(27)20-12(3)19-13(4)24-21(14-6-7-14)26-23(19)30-20/h9-11,14H,5-8H2,1-4H3,(H,25,27). The van der Waals surface area contributed by atoms with Crippen LogP contribution in [0, 0.1) is 13.8 Å². The van der Waals surface area contributed by atoms with E-state index in [1.807, 2.05) is 39.8 Å². The SMILES string of the molecule is CCOc1cc2c(cc1NC(=O)c1sc3nc(C4CC4)nc(C)c3c1C)OC(C)C2. The van der Waals surface area contributed by atoms with Gasteiger partial charge in [0.25, 0.3) is 5.91 Å². The van der Waals surface area contributed by atoms with E-state index in [0.717, 1.165) is 57.9 Å². The predicted molar refractivity (Wildman–Crippen MR) is 118 cm³/mol. The summed E-state index contributed by atoms with van der Waals surface area (Å²) in [6, 6.07) is 3.86. The second kappa shape index (κ2) is 7.23. The van der Waals surface area contributed by atoms with Gasteiger partial charge in [-0.1, -0.05) is 0 Å². The van der Waals surface area contributed by atoms with Crippen molar-refractivity contribution in [1.29, 1.82) is 0 Å². The molecule has 3 aromatic rings. The van der Waals surface area contributed by atoms with Crippen molar-refractivity contribution in [3.63, 3.8) is 0 Å². The molecule has 0 radical (unpaired) electrons. The Labute approximate surface area is 179 Å². The number of fused-ring (bicyclic) bond motifs is 2. The van der Waals surface area contributed by atoms with E-state index in [9.17, 15) is 4.79 Å². The summed E-state index contributed by atoms with van der Waals surface area (Å²) in [4.78, 5) is 24.2. The molecule has 0 saturated heterocycles. The number of carbonyl (C=O) groups is 1. The first-order valence-corrected chi connectivity index (χ1v) is 11.3. The quantitative estimate of drug-likeness (QED) is 0.614. The average Bonchev–Trinajstić information content (AvgIpc) is 3.40. The summed E-state index contributed by atoms with van der Waals surface area (Å²) >= 11 is 1.43. The molecule has 1 unspecified atom stereocenters. The van der Waals surface area contributed by atoms with Crippen molar-refractivity contribution < 1.29 is 14.3 Å². The van der Waals surface area contributed by atoms with Crippen LogP contribution in [0.4, 0.5) is 5.69 Å². The molecule has 3 heterocycles. The maximum absolute atomic E-state index is 13.2. The molecule has 2 aliphatic rings. The summed E-state index contributed by atoms with van der Waals surface area (Å²) in [7, 11) is 0. The van der Waals surface area contributed by atoms with Crippen LogP contribution in [0.2, 0.25) is 0 Å². The third-order valence-electron chi connectivity index (χ3n) is 5.68. The van der Waals surface area contributed by atoms with Gasteiger partial charge >= 0.3 is 0 Å². The second-order valence-electron chi connectivity index (χ2n) is 8.15. The lowest BCUT2D eigenvalue weighted by Crippen LogP contribution is -2.13. The predicted octanol–water partition coefficient (Wildman–Crippen LogP) is 5.16. The van der Waals surface area contributed by atoms with E-state index in [4.69, 9.17) is 19.4 Å². The second-order valence-corrected chi connectivity index (χ2v) is 9.15. The Morgan fingerprint density at radius 3 is 2.83 bits per heavy atom. The van der Waals surface area contributed by atoms with Crippen molar-refractivity contribution in [3.05, 3.63) is 39.7 Å². The molecule has 1 saturated carbocycles. The molecule has 7 heteroatoms. The van der Waals surface area contributed by atoms with Crippen LogP contribution in [0.15, 0.2) is 12.1 Å². The molecular weight excluding hydrogens is 398 g/mol. The minimum atomic E-state index is -0.158. The third-order valence-corrected chi connectivity index (χ3v) is 6.87. The van der Waals surface area contributed by atoms with Gasteiger partial charge in [0.2, 0.25) is 0 Å². The maximum Gasteiger partial charge on any atom is 0.266 e. The minimum absolute atomic E-state index is 0.132. The molecule has 1 aromatic carbocycles. The first-order valence-electron chi connectivity index (χ1n) is 10.5. The van der Waals surface area contributed by atoms with Gasteiger partial charge in [-0.2, -0.15) is 0 Å². The van der Waals surface area contributed by atoms with Gasteiger partial charge in [-0.25, -0.2) is 9.97 Å². The Kier molecular flexibility index (Phi) is 4.65. The first kappa shape index (κ1) is 19.3. The van der Waals surface area contributed by atoms with Crippen LogP contribution < -0.4 is 14.8 Å². The van der Waals surface area contributed by atoms with Crippen molar-refractivity contribution in [3.8, 4) is 11.5 Å². The van der Waals surface area contributed by atoms with E-state index < -0.39 is 0 Å². The summed E-state index contributed by atoms with van der Waals surface area (Å²) in [6.45, 7) is 8.48. The molecular formula is C23H25N3O3S. The number of anilines is 1. The lowest BCUT2D eigenvalue weighted by molar-refractivity contribution is 0.102. The normalized spacial score (nSPS) is 17.7. The van der Waals surface area contributed by atoms with Gasteiger partial charge in [0.15, 0.2) is 0 Å².